The number of carboxylic acids is 1. The van der Waals surface area contributed by atoms with Gasteiger partial charge >= 0.3 is 0 Å². The van der Waals surface area contributed by atoms with Gasteiger partial charge in [0.15, 0.2) is 5.82 Å². The number of aromatic nitrogens is 5. The fourth-order valence-corrected chi connectivity index (χ4v) is 2.72. The molecule has 0 fully saturated rings. The molecule has 2 atom stereocenters. The van der Waals surface area contributed by atoms with Gasteiger partial charge in [0.2, 0.25) is 0 Å². The molecule has 0 unspecified atom stereocenters. The third kappa shape index (κ3) is 5.35. The van der Waals surface area contributed by atoms with Crippen LogP contribution in [0.3, 0.4) is 0 Å². The third-order valence-electron chi connectivity index (χ3n) is 4.09. The molecule has 0 saturated heterocycles. The standard InChI is InChI=1S/C16H14F3N5O.C2H4O2/c1-10(15-14(19)5-20-7-22-15)16(25,6-24-9-21-8-23-24)12-3-2-11(17)4-13(12)18;1-2(3)4/h2-5,7-10,25H,6H2,1H3;1H3,(H,3,4)/t10-,16+;/m0./s1. The number of aliphatic hydroxyl groups is 1. The maximum absolute atomic E-state index is 14.4. The molecule has 3 aromatic rings. The van der Waals surface area contributed by atoms with E-state index in [2.05, 4.69) is 20.1 Å². The fourth-order valence-electron chi connectivity index (χ4n) is 2.72. The van der Waals surface area contributed by atoms with E-state index in [4.69, 9.17) is 9.90 Å². The summed E-state index contributed by atoms with van der Waals surface area (Å²) in [5, 5.41) is 22.6. The smallest absolute Gasteiger partial charge is 0.300 e. The highest BCUT2D eigenvalue weighted by molar-refractivity contribution is 5.62. The summed E-state index contributed by atoms with van der Waals surface area (Å²) >= 11 is 0. The van der Waals surface area contributed by atoms with Gasteiger partial charge in [-0.3, -0.25) is 4.79 Å². The Morgan fingerprint density at radius 1 is 1.21 bits per heavy atom. The van der Waals surface area contributed by atoms with Gasteiger partial charge in [0.25, 0.3) is 5.97 Å². The minimum Gasteiger partial charge on any atom is -0.481 e. The molecule has 154 valence electrons. The summed E-state index contributed by atoms with van der Waals surface area (Å²) in [7, 11) is 0. The number of rotatable bonds is 5. The summed E-state index contributed by atoms with van der Waals surface area (Å²) in [6.45, 7) is 2.34. The van der Waals surface area contributed by atoms with Crippen molar-refractivity contribution in [1.29, 1.82) is 0 Å². The van der Waals surface area contributed by atoms with E-state index < -0.39 is 34.9 Å². The maximum atomic E-state index is 14.4. The predicted molar refractivity (Wildman–Crippen MR) is 94.0 cm³/mol. The zero-order valence-corrected chi connectivity index (χ0v) is 15.5. The van der Waals surface area contributed by atoms with Crippen molar-refractivity contribution in [2.24, 2.45) is 0 Å². The highest BCUT2D eigenvalue weighted by Crippen LogP contribution is 2.39. The lowest BCUT2D eigenvalue weighted by Crippen LogP contribution is -2.39. The molecule has 2 aromatic heterocycles. The maximum Gasteiger partial charge on any atom is 0.300 e. The molecule has 11 heteroatoms. The van der Waals surface area contributed by atoms with Crippen LogP contribution in [0.15, 0.2) is 43.4 Å². The second kappa shape index (κ2) is 9.24. The van der Waals surface area contributed by atoms with Gasteiger partial charge in [0, 0.05) is 24.5 Å². The second-order valence-corrected chi connectivity index (χ2v) is 6.14. The summed E-state index contributed by atoms with van der Waals surface area (Å²) in [5.41, 5.74) is -2.25. The molecular formula is C18H18F3N5O3. The first-order chi connectivity index (χ1) is 13.6. The normalized spacial score (nSPS) is 13.7. The van der Waals surface area contributed by atoms with Crippen molar-refractivity contribution in [3.63, 3.8) is 0 Å². The molecule has 3 rings (SSSR count). The van der Waals surface area contributed by atoms with Gasteiger partial charge in [-0.2, -0.15) is 5.10 Å². The SMILES string of the molecule is CC(=O)O.C[C@@H](c1ncncc1F)[C@](O)(Cn1cncn1)c1ccc(F)cc1F. The van der Waals surface area contributed by atoms with Crippen LogP contribution in [0.25, 0.3) is 0 Å². The number of aliphatic carboxylic acids is 1. The highest BCUT2D eigenvalue weighted by Gasteiger charge is 2.41. The van der Waals surface area contributed by atoms with E-state index in [1.807, 2.05) is 0 Å². The molecule has 8 nitrogen and oxygen atoms in total. The van der Waals surface area contributed by atoms with Crippen molar-refractivity contribution in [1.82, 2.24) is 24.7 Å². The van der Waals surface area contributed by atoms with Gasteiger partial charge in [-0.1, -0.05) is 13.0 Å². The summed E-state index contributed by atoms with van der Waals surface area (Å²) in [6.07, 6.45) is 4.66. The topological polar surface area (TPSA) is 114 Å². The monoisotopic (exact) mass is 409 g/mol. The van der Waals surface area contributed by atoms with E-state index in [0.717, 1.165) is 31.6 Å². The first-order valence-corrected chi connectivity index (χ1v) is 8.30. The van der Waals surface area contributed by atoms with Gasteiger partial charge in [-0.15, -0.1) is 0 Å². The van der Waals surface area contributed by atoms with Gasteiger partial charge in [-0.25, -0.2) is 32.8 Å². The minimum absolute atomic E-state index is 0.0960. The summed E-state index contributed by atoms with van der Waals surface area (Å²) < 4.78 is 43.0. The molecule has 2 N–H and O–H groups in total. The molecule has 0 spiro atoms. The Morgan fingerprint density at radius 2 is 1.90 bits per heavy atom. The van der Waals surface area contributed by atoms with E-state index in [1.54, 1.807) is 0 Å². The van der Waals surface area contributed by atoms with Crippen LogP contribution in [0.1, 0.15) is 31.0 Å². The Kier molecular flexibility index (Phi) is 6.99. The van der Waals surface area contributed by atoms with Gasteiger partial charge < -0.3 is 10.2 Å². The molecule has 0 amide bonds. The Morgan fingerprint density at radius 3 is 2.45 bits per heavy atom. The van der Waals surface area contributed by atoms with E-state index in [0.29, 0.717) is 6.07 Å². The van der Waals surface area contributed by atoms with Crippen LogP contribution in [-0.4, -0.2) is 40.9 Å². The number of carbonyl (C=O) groups is 1. The molecule has 0 radical (unpaired) electrons. The van der Waals surface area contributed by atoms with Crippen molar-refractivity contribution in [3.8, 4) is 0 Å². The third-order valence-corrected chi connectivity index (χ3v) is 4.09. The lowest BCUT2D eigenvalue weighted by molar-refractivity contribution is -0.134. The van der Waals surface area contributed by atoms with Crippen LogP contribution in [0.5, 0.6) is 0 Å². The first kappa shape index (κ1) is 22.0. The molecule has 0 aliphatic heterocycles. The van der Waals surface area contributed by atoms with E-state index in [1.165, 1.54) is 24.3 Å². The predicted octanol–water partition coefficient (Wildman–Crippen LogP) is 2.27. The van der Waals surface area contributed by atoms with Gasteiger partial charge in [0.1, 0.15) is 36.2 Å². The Balaban J connectivity index is 0.000000687. The molecule has 1 aromatic carbocycles. The van der Waals surface area contributed by atoms with Crippen LogP contribution < -0.4 is 0 Å². The molecule has 0 saturated carbocycles. The average molecular weight is 409 g/mol. The molecule has 0 aliphatic rings. The van der Waals surface area contributed by atoms with E-state index in [9.17, 15) is 18.3 Å². The lowest BCUT2D eigenvalue weighted by atomic mass is 9.79. The number of halogens is 3. The fraction of sp³-hybridized carbons (Fsp3) is 0.278. The number of hydrogen-bond donors (Lipinski definition) is 2. The summed E-state index contributed by atoms with van der Waals surface area (Å²) in [6, 6.07) is 2.80. The molecule has 2 heterocycles. The molecule has 0 aliphatic carbocycles. The van der Waals surface area contributed by atoms with Gasteiger partial charge in [0.05, 0.1) is 18.4 Å². The minimum atomic E-state index is -1.96. The van der Waals surface area contributed by atoms with E-state index in [-0.39, 0.29) is 17.8 Å². The number of hydrogen-bond acceptors (Lipinski definition) is 6. The zero-order valence-electron chi connectivity index (χ0n) is 15.5. The van der Waals surface area contributed by atoms with Crippen LogP contribution in [0.4, 0.5) is 13.2 Å². The molecule has 29 heavy (non-hydrogen) atoms. The number of carboxylic acid groups (broad SMARTS) is 1. The van der Waals surface area contributed by atoms with Crippen LogP contribution in [0, 0.1) is 17.5 Å². The molecule has 0 bridgehead atoms. The van der Waals surface area contributed by atoms with E-state index >= 15 is 0 Å². The quantitative estimate of drug-likeness (QED) is 0.664. The lowest BCUT2D eigenvalue weighted by Gasteiger charge is -2.34. The Bertz CT molecular complexity index is 967. The van der Waals surface area contributed by atoms with Crippen LogP contribution in [-0.2, 0) is 16.9 Å². The highest BCUT2D eigenvalue weighted by atomic mass is 19.1. The van der Waals surface area contributed by atoms with Crippen molar-refractivity contribution in [2.45, 2.75) is 31.9 Å². The first-order valence-electron chi connectivity index (χ1n) is 8.30. The van der Waals surface area contributed by atoms with Crippen molar-refractivity contribution in [3.05, 3.63) is 72.1 Å². The summed E-state index contributed by atoms with van der Waals surface area (Å²) in [4.78, 5) is 20.2. The number of benzene rings is 1. The largest absolute Gasteiger partial charge is 0.481 e. The zero-order chi connectivity index (χ0) is 21.6. The van der Waals surface area contributed by atoms with Crippen molar-refractivity contribution in [2.75, 3.05) is 0 Å². The second-order valence-electron chi connectivity index (χ2n) is 6.14. The number of nitrogens with zero attached hydrogens (tertiary/aromatic N) is 5. The Hall–Kier alpha value is -3.34. The molecular weight excluding hydrogens is 391 g/mol. The summed E-state index contributed by atoms with van der Waals surface area (Å²) in [5.74, 6) is -4.30. The Labute approximate surface area is 163 Å². The van der Waals surface area contributed by atoms with Crippen LogP contribution in [0.2, 0.25) is 0 Å². The van der Waals surface area contributed by atoms with Gasteiger partial charge in [-0.05, 0) is 6.07 Å². The average Bonchev–Trinajstić information content (AvgIpc) is 3.13. The van der Waals surface area contributed by atoms with Crippen LogP contribution >= 0.6 is 0 Å². The van der Waals surface area contributed by atoms with Crippen molar-refractivity contribution < 1.29 is 28.2 Å². The van der Waals surface area contributed by atoms with Crippen molar-refractivity contribution >= 4 is 5.97 Å².